The summed E-state index contributed by atoms with van der Waals surface area (Å²) >= 11 is 0. The molecule has 1 rings (SSSR count). The van der Waals surface area contributed by atoms with E-state index in [0.717, 1.165) is 5.69 Å². The Bertz CT molecular complexity index is 317. The number of anilines is 1. The molecule has 3 nitrogen and oxygen atoms in total. The minimum absolute atomic E-state index is 0.0439. The summed E-state index contributed by atoms with van der Waals surface area (Å²) in [7, 11) is 1.90. The van der Waals surface area contributed by atoms with Crippen LogP contribution in [0.1, 0.15) is 5.69 Å². The van der Waals surface area contributed by atoms with Crippen molar-refractivity contribution in [3.8, 4) is 12.3 Å². The Hall–Kier alpha value is -1.53. The average molecular weight is 176 g/mol. The standard InChI is InChI=1S/C10H12N2O/c1-3-6-12(2)10-4-5-11-9(7-10)8-13/h1,4-5,7,13H,6,8H2,2H3. The van der Waals surface area contributed by atoms with E-state index in [9.17, 15) is 0 Å². The first kappa shape index (κ1) is 9.56. The summed E-state index contributed by atoms with van der Waals surface area (Å²) in [6.45, 7) is 0.507. The van der Waals surface area contributed by atoms with Crippen LogP contribution in [0.3, 0.4) is 0 Å². The Morgan fingerprint density at radius 3 is 3.08 bits per heavy atom. The molecular formula is C10H12N2O. The smallest absolute Gasteiger partial charge is 0.0853 e. The van der Waals surface area contributed by atoms with Crippen molar-refractivity contribution in [3.05, 3.63) is 24.0 Å². The fourth-order valence-electron chi connectivity index (χ4n) is 1.02. The second kappa shape index (κ2) is 4.48. The molecule has 0 aromatic carbocycles. The van der Waals surface area contributed by atoms with Crippen molar-refractivity contribution in [2.45, 2.75) is 6.61 Å². The lowest BCUT2D eigenvalue weighted by Gasteiger charge is -2.15. The molecule has 0 saturated carbocycles. The van der Waals surface area contributed by atoms with Crippen molar-refractivity contribution < 1.29 is 5.11 Å². The van der Waals surface area contributed by atoms with Crippen LogP contribution in [0.5, 0.6) is 0 Å². The summed E-state index contributed by atoms with van der Waals surface area (Å²) in [6, 6.07) is 3.67. The molecule has 13 heavy (non-hydrogen) atoms. The second-order valence-electron chi connectivity index (χ2n) is 2.72. The molecular weight excluding hydrogens is 164 g/mol. The van der Waals surface area contributed by atoms with Gasteiger partial charge in [-0.05, 0) is 12.1 Å². The molecule has 0 radical (unpaired) electrons. The number of aliphatic hydroxyl groups is 1. The lowest BCUT2D eigenvalue weighted by Crippen LogP contribution is -2.17. The van der Waals surface area contributed by atoms with Crippen molar-refractivity contribution in [3.63, 3.8) is 0 Å². The minimum atomic E-state index is -0.0439. The summed E-state index contributed by atoms with van der Waals surface area (Å²) in [5.74, 6) is 2.55. The average Bonchev–Trinajstić information content (AvgIpc) is 2.18. The molecule has 0 bridgehead atoms. The number of nitrogens with zero attached hydrogens (tertiary/aromatic N) is 2. The third-order valence-corrected chi connectivity index (χ3v) is 1.73. The molecule has 0 fully saturated rings. The highest BCUT2D eigenvalue weighted by Crippen LogP contribution is 2.11. The largest absolute Gasteiger partial charge is 0.390 e. The first-order valence-electron chi connectivity index (χ1n) is 3.98. The number of hydrogen-bond donors (Lipinski definition) is 1. The van der Waals surface area contributed by atoms with Gasteiger partial charge in [0.25, 0.3) is 0 Å². The lowest BCUT2D eigenvalue weighted by molar-refractivity contribution is 0.277. The van der Waals surface area contributed by atoms with Gasteiger partial charge in [0, 0.05) is 18.9 Å². The highest BCUT2D eigenvalue weighted by atomic mass is 16.3. The number of aromatic nitrogens is 1. The van der Waals surface area contributed by atoms with Crippen LogP contribution < -0.4 is 4.90 Å². The van der Waals surface area contributed by atoms with E-state index in [-0.39, 0.29) is 6.61 Å². The quantitative estimate of drug-likeness (QED) is 0.687. The van der Waals surface area contributed by atoms with Gasteiger partial charge in [-0.2, -0.15) is 0 Å². The Balaban J connectivity index is 2.83. The molecule has 0 amide bonds. The van der Waals surface area contributed by atoms with Gasteiger partial charge in [-0.1, -0.05) is 5.92 Å². The van der Waals surface area contributed by atoms with Crippen LogP contribution in [0.2, 0.25) is 0 Å². The zero-order chi connectivity index (χ0) is 9.68. The van der Waals surface area contributed by atoms with E-state index in [0.29, 0.717) is 12.2 Å². The van der Waals surface area contributed by atoms with Crippen LogP contribution in [0.25, 0.3) is 0 Å². The Kier molecular flexibility index (Phi) is 3.30. The van der Waals surface area contributed by atoms with Crippen molar-refractivity contribution in [2.24, 2.45) is 0 Å². The maximum Gasteiger partial charge on any atom is 0.0853 e. The summed E-state index contributed by atoms with van der Waals surface area (Å²) in [5.41, 5.74) is 1.62. The highest BCUT2D eigenvalue weighted by molar-refractivity contribution is 5.46. The van der Waals surface area contributed by atoms with Gasteiger partial charge >= 0.3 is 0 Å². The predicted molar refractivity (Wildman–Crippen MR) is 52.3 cm³/mol. The number of hydrogen-bond acceptors (Lipinski definition) is 3. The molecule has 1 aromatic heterocycles. The fraction of sp³-hybridized carbons (Fsp3) is 0.300. The zero-order valence-electron chi connectivity index (χ0n) is 7.57. The van der Waals surface area contributed by atoms with Crippen molar-refractivity contribution in [1.82, 2.24) is 4.98 Å². The monoisotopic (exact) mass is 176 g/mol. The molecule has 0 saturated heterocycles. The third kappa shape index (κ3) is 2.46. The molecule has 0 aliphatic carbocycles. The van der Waals surface area contributed by atoms with Crippen LogP contribution >= 0.6 is 0 Å². The van der Waals surface area contributed by atoms with Gasteiger partial charge in [0.05, 0.1) is 18.8 Å². The second-order valence-corrected chi connectivity index (χ2v) is 2.72. The summed E-state index contributed by atoms with van der Waals surface area (Å²) in [5, 5.41) is 8.85. The molecule has 68 valence electrons. The highest BCUT2D eigenvalue weighted by Gasteiger charge is 1.99. The molecule has 0 aliphatic rings. The normalized spacial score (nSPS) is 9.31. The van der Waals surface area contributed by atoms with E-state index in [4.69, 9.17) is 11.5 Å². The van der Waals surface area contributed by atoms with E-state index in [1.807, 2.05) is 24.1 Å². The minimum Gasteiger partial charge on any atom is -0.390 e. The number of rotatable bonds is 3. The topological polar surface area (TPSA) is 36.4 Å². The Morgan fingerprint density at radius 1 is 1.69 bits per heavy atom. The van der Waals surface area contributed by atoms with E-state index < -0.39 is 0 Å². The first-order valence-corrected chi connectivity index (χ1v) is 3.98. The molecule has 1 aromatic rings. The lowest BCUT2D eigenvalue weighted by atomic mass is 10.3. The zero-order valence-corrected chi connectivity index (χ0v) is 7.57. The van der Waals surface area contributed by atoms with Crippen LogP contribution in [0.4, 0.5) is 5.69 Å². The maximum absolute atomic E-state index is 8.85. The van der Waals surface area contributed by atoms with Gasteiger partial charge in [-0.25, -0.2) is 0 Å². The van der Waals surface area contributed by atoms with Crippen molar-refractivity contribution in [2.75, 3.05) is 18.5 Å². The van der Waals surface area contributed by atoms with Gasteiger partial charge in [0.15, 0.2) is 0 Å². The van der Waals surface area contributed by atoms with Crippen LogP contribution in [-0.4, -0.2) is 23.7 Å². The molecule has 3 heteroatoms. The van der Waals surface area contributed by atoms with Crippen LogP contribution in [0, 0.1) is 12.3 Å². The number of pyridine rings is 1. The van der Waals surface area contributed by atoms with E-state index in [1.165, 1.54) is 0 Å². The molecule has 1 N–H and O–H groups in total. The maximum atomic E-state index is 8.85. The Morgan fingerprint density at radius 2 is 2.46 bits per heavy atom. The van der Waals surface area contributed by atoms with Gasteiger partial charge in [-0.15, -0.1) is 6.42 Å². The summed E-state index contributed by atoms with van der Waals surface area (Å²) in [4.78, 5) is 5.89. The van der Waals surface area contributed by atoms with Gasteiger partial charge in [0.2, 0.25) is 0 Å². The number of aliphatic hydroxyl groups excluding tert-OH is 1. The molecule has 0 unspecified atom stereocenters. The Labute approximate surface area is 78.0 Å². The van der Waals surface area contributed by atoms with Crippen LogP contribution in [-0.2, 0) is 6.61 Å². The molecule has 0 spiro atoms. The molecule has 0 aliphatic heterocycles. The predicted octanol–water partition coefficient (Wildman–Crippen LogP) is 0.643. The van der Waals surface area contributed by atoms with Gasteiger partial charge in [0.1, 0.15) is 0 Å². The summed E-state index contributed by atoms with van der Waals surface area (Å²) < 4.78 is 0. The third-order valence-electron chi connectivity index (χ3n) is 1.73. The van der Waals surface area contributed by atoms with E-state index in [2.05, 4.69) is 10.9 Å². The van der Waals surface area contributed by atoms with Gasteiger partial charge in [-0.3, -0.25) is 4.98 Å². The molecule has 0 atom stereocenters. The van der Waals surface area contributed by atoms with E-state index in [1.54, 1.807) is 6.20 Å². The van der Waals surface area contributed by atoms with Gasteiger partial charge < -0.3 is 10.0 Å². The van der Waals surface area contributed by atoms with Crippen molar-refractivity contribution in [1.29, 1.82) is 0 Å². The van der Waals surface area contributed by atoms with E-state index >= 15 is 0 Å². The molecule has 1 heterocycles. The first-order chi connectivity index (χ1) is 6.27. The van der Waals surface area contributed by atoms with Crippen molar-refractivity contribution >= 4 is 5.69 Å². The SMILES string of the molecule is C#CCN(C)c1ccnc(CO)c1. The fourth-order valence-corrected chi connectivity index (χ4v) is 1.02. The van der Waals surface area contributed by atoms with Crippen LogP contribution in [0.15, 0.2) is 18.3 Å². The number of terminal acetylenes is 1. The summed E-state index contributed by atoms with van der Waals surface area (Å²) in [6.07, 6.45) is 6.84.